The molecule has 0 bridgehead atoms. The van der Waals surface area contributed by atoms with Crippen LogP contribution in [0.5, 0.6) is 0 Å². The zero-order valence-corrected chi connectivity index (χ0v) is 6.13. The van der Waals surface area contributed by atoms with Crippen molar-refractivity contribution in [2.75, 3.05) is 18.8 Å². The molecule has 50 valence electrons. The molecule has 0 aromatic rings. The number of hydrogen-bond donors (Lipinski definition) is 2. The first kappa shape index (κ1) is 8.27. The van der Waals surface area contributed by atoms with Gasteiger partial charge in [0, 0.05) is 18.8 Å². The van der Waals surface area contributed by atoms with E-state index in [1.54, 1.807) is 11.9 Å². The molecule has 0 unspecified atom stereocenters. The summed E-state index contributed by atoms with van der Waals surface area (Å²) < 4.78 is 3.17. The zero-order valence-electron chi connectivity index (χ0n) is 5.31. The minimum absolute atomic E-state index is 0.765. The van der Waals surface area contributed by atoms with Gasteiger partial charge in [-0.1, -0.05) is 18.9 Å². The van der Waals surface area contributed by atoms with Crippen molar-refractivity contribution in [2.24, 2.45) is 5.73 Å². The molecule has 0 spiro atoms. The lowest BCUT2D eigenvalue weighted by molar-refractivity contribution is 0.876. The van der Waals surface area contributed by atoms with Crippen molar-refractivity contribution in [2.45, 2.75) is 13.3 Å². The normalized spacial score (nSPS) is 9.75. The summed E-state index contributed by atoms with van der Waals surface area (Å²) in [6.45, 7) is 4.00. The Morgan fingerprint density at radius 2 is 2.38 bits per heavy atom. The second kappa shape index (κ2) is 7.27. The van der Waals surface area contributed by atoms with Crippen LogP contribution >= 0.6 is 11.9 Å². The van der Waals surface area contributed by atoms with Gasteiger partial charge in [0.1, 0.15) is 0 Å². The second-order valence-corrected chi connectivity index (χ2v) is 2.52. The number of hydrogen-bond acceptors (Lipinski definition) is 3. The van der Waals surface area contributed by atoms with E-state index in [9.17, 15) is 0 Å². The number of rotatable bonds is 5. The van der Waals surface area contributed by atoms with Crippen LogP contribution in [-0.4, -0.2) is 18.8 Å². The third-order valence-electron chi connectivity index (χ3n) is 0.674. The quantitative estimate of drug-likeness (QED) is 0.427. The largest absolute Gasteiger partial charge is 0.330 e. The van der Waals surface area contributed by atoms with Gasteiger partial charge in [0.15, 0.2) is 0 Å². The van der Waals surface area contributed by atoms with Crippen LogP contribution in [0.25, 0.3) is 0 Å². The molecule has 0 rings (SSSR count). The molecule has 0 amide bonds. The van der Waals surface area contributed by atoms with E-state index in [0.29, 0.717) is 0 Å². The highest BCUT2D eigenvalue weighted by Crippen LogP contribution is 1.88. The van der Waals surface area contributed by atoms with Crippen LogP contribution in [0.4, 0.5) is 0 Å². The summed E-state index contributed by atoms with van der Waals surface area (Å²) in [5.41, 5.74) is 5.25. The Morgan fingerprint density at radius 3 is 2.88 bits per heavy atom. The molecular weight excluding hydrogens is 120 g/mol. The van der Waals surface area contributed by atoms with Gasteiger partial charge in [0.05, 0.1) is 0 Å². The highest BCUT2D eigenvalue weighted by Gasteiger charge is 1.81. The van der Waals surface area contributed by atoms with Crippen molar-refractivity contribution in [3.8, 4) is 0 Å². The summed E-state index contributed by atoms with van der Waals surface area (Å²) in [5.74, 6) is 1.01. The molecule has 0 fully saturated rings. The van der Waals surface area contributed by atoms with E-state index in [-0.39, 0.29) is 0 Å². The van der Waals surface area contributed by atoms with Crippen LogP contribution in [0.2, 0.25) is 0 Å². The molecule has 2 nitrogen and oxygen atoms in total. The fourth-order valence-electron chi connectivity index (χ4n) is 0.305. The van der Waals surface area contributed by atoms with Gasteiger partial charge in [-0.25, -0.2) is 0 Å². The molecule has 0 aliphatic rings. The number of nitrogens with one attached hydrogen (secondary N) is 1. The third kappa shape index (κ3) is 6.27. The Balaban J connectivity index is 2.53. The molecular formula is C5H14N2S. The van der Waals surface area contributed by atoms with Crippen molar-refractivity contribution in [1.82, 2.24) is 4.72 Å². The minimum atomic E-state index is 0.765. The molecule has 3 heteroatoms. The van der Waals surface area contributed by atoms with E-state index in [4.69, 9.17) is 5.73 Å². The topological polar surface area (TPSA) is 38.0 Å². The Morgan fingerprint density at radius 1 is 1.62 bits per heavy atom. The van der Waals surface area contributed by atoms with Gasteiger partial charge in [-0.05, 0) is 6.42 Å². The van der Waals surface area contributed by atoms with Crippen LogP contribution in [0.15, 0.2) is 0 Å². The SMILES string of the molecule is CCCNSCCN. The van der Waals surface area contributed by atoms with Gasteiger partial charge >= 0.3 is 0 Å². The van der Waals surface area contributed by atoms with E-state index >= 15 is 0 Å². The summed E-state index contributed by atoms with van der Waals surface area (Å²) in [4.78, 5) is 0. The molecule has 0 aliphatic heterocycles. The molecule has 8 heavy (non-hydrogen) atoms. The summed E-state index contributed by atoms with van der Waals surface area (Å²) in [5, 5.41) is 0. The smallest absolute Gasteiger partial charge is 0.0202 e. The molecule has 0 aromatic carbocycles. The van der Waals surface area contributed by atoms with Crippen molar-refractivity contribution in [3.05, 3.63) is 0 Å². The van der Waals surface area contributed by atoms with Crippen LogP contribution in [0.1, 0.15) is 13.3 Å². The van der Waals surface area contributed by atoms with Crippen LogP contribution in [-0.2, 0) is 0 Å². The summed E-state index contributed by atoms with van der Waals surface area (Å²) in [6, 6.07) is 0. The van der Waals surface area contributed by atoms with Crippen LogP contribution in [0, 0.1) is 0 Å². The molecule has 0 aliphatic carbocycles. The van der Waals surface area contributed by atoms with Gasteiger partial charge in [-0.2, -0.15) is 0 Å². The van der Waals surface area contributed by atoms with Crippen molar-refractivity contribution in [1.29, 1.82) is 0 Å². The van der Waals surface area contributed by atoms with Crippen molar-refractivity contribution in [3.63, 3.8) is 0 Å². The number of nitrogens with two attached hydrogens (primary N) is 1. The van der Waals surface area contributed by atoms with E-state index in [2.05, 4.69) is 11.6 Å². The third-order valence-corrected chi connectivity index (χ3v) is 1.52. The van der Waals surface area contributed by atoms with Crippen molar-refractivity contribution >= 4 is 11.9 Å². The van der Waals surface area contributed by atoms with Crippen LogP contribution in [0.3, 0.4) is 0 Å². The van der Waals surface area contributed by atoms with Gasteiger partial charge in [0.2, 0.25) is 0 Å². The lowest BCUT2D eigenvalue weighted by Gasteiger charge is -1.97. The molecule has 3 N–H and O–H groups in total. The van der Waals surface area contributed by atoms with Crippen molar-refractivity contribution < 1.29 is 0 Å². The predicted molar refractivity (Wildman–Crippen MR) is 39.8 cm³/mol. The zero-order chi connectivity index (χ0) is 6.24. The van der Waals surface area contributed by atoms with Gasteiger partial charge < -0.3 is 5.73 Å². The summed E-state index contributed by atoms with van der Waals surface area (Å²) in [6.07, 6.45) is 1.19. The van der Waals surface area contributed by atoms with Gasteiger partial charge in [-0.15, -0.1) is 0 Å². The molecule has 0 radical (unpaired) electrons. The average Bonchev–Trinajstić information content (AvgIpc) is 1.81. The second-order valence-electron chi connectivity index (χ2n) is 1.53. The summed E-state index contributed by atoms with van der Waals surface area (Å²) in [7, 11) is 0. The van der Waals surface area contributed by atoms with E-state index in [0.717, 1.165) is 18.8 Å². The molecule has 0 heterocycles. The highest BCUT2D eigenvalue weighted by molar-refractivity contribution is 7.97. The first-order valence-electron chi connectivity index (χ1n) is 2.96. The van der Waals surface area contributed by atoms with E-state index in [1.807, 2.05) is 0 Å². The van der Waals surface area contributed by atoms with Crippen LogP contribution < -0.4 is 10.5 Å². The predicted octanol–water partition coefficient (Wildman–Crippen LogP) is 0.593. The first-order chi connectivity index (χ1) is 3.91. The standard InChI is InChI=1S/C5H14N2S/c1-2-4-7-8-5-3-6/h7H,2-6H2,1H3. The fraction of sp³-hybridized carbons (Fsp3) is 1.00. The van der Waals surface area contributed by atoms with E-state index < -0.39 is 0 Å². The molecule has 0 saturated carbocycles. The monoisotopic (exact) mass is 134 g/mol. The Hall–Kier alpha value is 0.270. The lowest BCUT2D eigenvalue weighted by atomic mass is 10.5. The maximum atomic E-state index is 5.25. The molecule has 0 aromatic heterocycles. The van der Waals surface area contributed by atoms with E-state index in [1.165, 1.54) is 6.42 Å². The Kier molecular flexibility index (Phi) is 7.52. The lowest BCUT2D eigenvalue weighted by Crippen LogP contribution is -2.09. The molecule has 0 saturated heterocycles. The maximum Gasteiger partial charge on any atom is 0.0202 e. The van der Waals surface area contributed by atoms with Gasteiger partial charge in [-0.3, -0.25) is 4.72 Å². The fourth-order valence-corrected chi connectivity index (χ4v) is 0.916. The minimum Gasteiger partial charge on any atom is -0.330 e. The first-order valence-corrected chi connectivity index (χ1v) is 3.95. The molecule has 0 atom stereocenters. The Bertz CT molecular complexity index is 35.4. The Labute approximate surface area is 55.3 Å². The average molecular weight is 134 g/mol. The van der Waals surface area contributed by atoms with Gasteiger partial charge in [0.25, 0.3) is 0 Å². The highest BCUT2D eigenvalue weighted by atomic mass is 32.2. The summed E-state index contributed by atoms with van der Waals surface area (Å²) >= 11 is 1.70. The maximum absolute atomic E-state index is 5.25.